The van der Waals surface area contributed by atoms with Gasteiger partial charge >= 0.3 is 0 Å². The van der Waals surface area contributed by atoms with Gasteiger partial charge in [0.1, 0.15) is 5.82 Å². The fraction of sp³-hybridized carbons (Fsp3) is 0.273. The molecule has 1 fully saturated rings. The molecule has 0 aliphatic carbocycles. The molecule has 3 aromatic rings. The number of carbonyl (C=O) groups excluding carboxylic acids is 1. The first kappa shape index (κ1) is 21.7. The van der Waals surface area contributed by atoms with Gasteiger partial charge in [0.2, 0.25) is 10.0 Å². The third-order valence-electron chi connectivity index (χ3n) is 5.39. The van der Waals surface area contributed by atoms with Crippen LogP contribution in [0, 0.1) is 12.7 Å². The molecule has 1 saturated heterocycles. The van der Waals surface area contributed by atoms with Crippen molar-refractivity contribution in [3.05, 3.63) is 70.6 Å². The summed E-state index contributed by atoms with van der Waals surface area (Å²) in [5, 5.41) is 1.34. The van der Waals surface area contributed by atoms with Gasteiger partial charge in [-0.15, -0.1) is 0 Å². The minimum absolute atomic E-state index is 0.0418. The van der Waals surface area contributed by atoms with Crippen LogP contribution in [-0.2, 0) is 10.0 Å². The van der Waals surface area contributed by atoms with Crippen LogP contribution in [-0.4, -0.2) is 54.7 Å². The molecular formula is C22H21ClFN3O3S. The summed E-state index contributed by atoms with van der Waals surface area (Å²) in [6.45, 7) is 2.92. The van der Waals surface area contributed by atoms with Crippen LogP contribution in [0.5, 0.6) is 0 Å². The average molecular weight is 462 g/mol. The number of halogens is 2. The number of fused-ring (bicyclic) bond motifs is 1. The lowest BCUT2D eigenvalue weighted by molar-refractivity contribution is 0.0763. The van der Waals surface area contributed by atoms with Crippen LogP contribution >= 0.6 is 11.6 Å². The Labute approximate surface area is 185 Å². The standard InChI is InChI=1S/C22H21ClFN3O3S/c1-15-20(14-16-13-17(23)3-8-21(16)25-15)22(28)26-9-2-10-27(12-11-26)31(29,30)19-6-4-18(24)5-7-19/h3-8,13-14H,2,9-12H2,1H3. The summed E-state index contributed by atoms with van der Waals surface area (Å²) in [5.74, 6) is -0.680. The Morgan fingerprint density at radius 2 is 1.77 bits per heavy atom. The second-order valence-electron chi connectivity index (χ2n) is 7.46. The van der Waals surface area contributed by atoms with Gasteiger partial charge in [0.05, 0.1) is 21.7 Å². The van der Waals surface area contributed by atoms with Crippen molar-refractivity contribution >= 4 is 38.4 Å². The first-order valence-corrected chi connectivity index (χ1v) is 11.7. The summed E-state index contributed by atoms with van der Waals surface area (Å²) >= 11 is 6.07. The summed E-state index contributed by atoms with van der Waals surface area (Å²) in [6.07, 6.45) is 0.498. The number of rotatable bonds is 3. The van der Waals surface area contributed by atoms with E-state index in [9.17, 15) is 17.6 Å². The number of nitrogens with zero attached hydrogens (tertiary/aromatic N) is 3. The fourth-order valence-corrected chi connectivity index (χ4v) is 5.37. The maximum Gasteiger partial charge on any atom is 0.255 e. The zero-order chi connectivity index (χ0) is 22.2. The van der Waals surface area contributed by atoms with Gasteiger partial charge in [-0.25, -0.2) is 12.8 Å². The predicted molar refractivity (Wildman–Crippen MR) is 117 cm³/mol. The van der Waals surface area contributed by atoms with E-state index in [2.05, 4.69) is 4.98 Å². The Morgan fingerprint density at radius 1 is 1.03 bits per heavy atom. The molecule has 9 heteroatoms. The summed E-state index contributed by atoms with van der Waals surface area (Å²) in [7, 11) is -3.76. The monoisotopic (exact) mass is 461 g/mol. The number of hydrogen-bond acceptors (Lipinski definition) is 4. The largest absolute Gasteiger partial charge is 0.337 e. The van der Waals surface area contributed by atoms with Crippen molar-refractivity contribution in [1.29, 1.82) is 0 Å². The Hall–Kier alpha value is -2.55. The maximum absolute atomic E-state index is 13.2. The Kier molecular flexibility index (Phi) is 5.96. The van der Waals surface area contributed by atoms with Gasteiger partial charge in [-0.2, -0.15) is 4.31 Å². The minimum Gasteiger partial charge on any atom is -0.337 e. The topological polar surface area (TPSA) is 70.6 Å². The van der Waals surface area contributed by atoms with Crippen LogP contribution in [0.3, 0.4) is 0 Å². The minimum atomic E-state index is -3.76. The van der Waals surface area contributed by atoms with E-state index in [1.54, 1.807) is 30.0 Å². The second kappa shape index (κ2) is 8.53. The lowest BCUT2D eigenvalue weighted by Gasteiger charge is -2.22. The molecule has 4 rings (SSSR count). The SMILES string of the molecule is Cc1nc2ccc(Cl)cc2cc1C(=O)N1CCCN(S(=O)(=O)c2ccc(F)cc2)CC1. The van der Waals surface area contributed by atoms with Crippen molar-refractivity contribution in [1.82, 2.24) is 14.2 Å². The van der Waals surface area contributed by atoms with Gasteiger partial charge in [-0.3, -0.25) is 9.78 Å². The molecule has 0 atom stereocenters. The molecule has 1 aromatic heterocycles. The van der Waals surface area contributed by atoms with Crippen molar-refractivity contribution in [2.75, 3.05) is 26.2 Å². The number of aromatic nitrogens is 1. The van der Waals surface area contributed by atoms with Gasteiger partial charge in [-0.05, 0) is 61.9 Å². The molecule has 0 bridgehead atoms. The van der Waals surface area contributed by atoms with Gasteiger partial charge in [0.15, 0.2) is 0 Å². The van der Waals surface area contributed by atoms with E-state index in [1.807, 2.05) is 6.07 Å². The number of hydrogen-bond donors (Lipinski definition) is 0. The van der Waals surface area contributed by atoms with Gasteiger partial charge in [-0.1, -0.05) is 11.6 Å². The van der Waals surface area contributed by atoms with Gasteiger partial charge in [0.25, 0.3) is 5.91 Å². The van der Waals surface area contributed by atoms with E-state index in [4.69, 9.17) is 11.6 Å². The van der Waals surface area contributed by atoms with Gasteiger partial charge in [0, 0.05) is 36.6 Å². The highest BCUT2D eigenvalue weighted by Gasteiger charge is 2.29. The van der Waals surface area contributed by atoms with Gasteiger partial charge < -0.3 is 4.90 Å². The average Bonchev–Trinajstić information content (AvgIpc) is 3.00. The summed E-state index contributed by atoms with van der Waals surface area (Å²) in [5.41, 5.74) is 1.84. The Bertz CT molecular complexity index is 1250. The molecule has 6 nitrogen and oxygen atoms in total. The van der Waals surface area contributed by atoms with Crippen molar-refractivity contribution < 1.29 is 17.6 Å². The third-order valence-corrected chi connectivity index (χ3v) is 7.54. The van der Waals surface area contributed by atoms with Crippen LogP contribution < -0.4 is 0 Å². The number of sulfonamides is 1. The van der Waals surface area contributed by atoms with Crippen LogP contribution in [0.2, 0.25) is 5.02 Å². The number of pyridine rings is 1. The lowest BCUT2D eigenvalue weighted by Crippen LogP contribution is -2.37. The molecule has 2 heterocycles. The Morgan fingerprint density at radius 3 is 2.52 bits per heavy atom. The van der Waals surface area contributed by atoms with Crippen LogP contribution in [0.15, 0.2) is 53.4 Å². The number of benzene rings is 2. The smallest absolute Gasteiger partial charge is 0.255 e. The normalized spacial score (nSPS) is 15.8. The van der Waals surface area contributed by atoms with E-state index in [-0.39, 0.29) is 30.4 Å². The zero-order valence-electron chi connectivity index (χ0n) is 16.9. The highest BCUT2D eigenvalue weighted by molar-refractivity contribution is 7.89. The highest BCUT2D eigenvalue weighted by Crippen LogP contribution is 2.23. The van der Waals surface area contributed by atoms with E-state index >= 15 is 0 Å². The summed E-state index contributed by atoms with van der Waals surface area (Å²) in [4.78, 5) is 19.4. The van der Waals surface area contributed by atoms with E-state index < -0.39 is 15.8 Å². The molecule has 1 aliphatic heterocycles. The highest BCUT2D eigenvalue weighted by atomic mass is 35.5. The lowest BCUT2D eigenvalue weighted by atomic mass is 10.1. The molecule has 0 N–H and O–H groups in total. The van der Waals surface area contributed by atoms with Crippen molar-refractivity contribution in [2.24, 2.45) is 0 Å². The molecule has 162 valence electrons. The first-order chi connectivity index (χ1) is 14.8. The van der Waals surface area contributed by atoms with E-state index in [1.165, 1.54) is 16.4 Å². The zero-order valence-corrected chi connectivity index (χ0v) is 18.5. The molecule has 1 aliphatic rings. The molecule has 0 saturated carbocycles. The summed E-state index contributed by atoms with van der Waals surface area (Å²) < 4.78 is 40.3. The van der Waals surface area contributed by atoms with E-state index in [0.29, 0.717) is 29.2 Å². The Balaban J connectivity index is 1.55. The predicted octanol–water partition coefficient (Wildman–Crippen LogP) is 3.87. The molecular weight excluding hydrogens is 441 g/mol. The maximum atomic E-state index is 13.2. The molecule has 0 unspecified atom stereocenters. The van der Waals surface area contributed by atoms with Crippen LogP contribution in [0.1, 0.15) is 22.5 Å². The first-order valence-electron chi connectivity index (χ1n) is 9.87. The molecule has 0 radical (unpaired) electrons. The van der Waals surface area contributed by atoms with Crippen LogP contribution in [0.25, 0.3) is 10.9 Å². The molecule has 0 spiro atoms. The number of aryl methyl sites for hydroxylation is 1. The number of amides is 1. The summed E-state index contributed by atoms with van der Waals surface area (Å²) in [6, 6.07) is 11.9. The van der Waals surface area contributed by atoms with Crippen molar-refractivity contribution in [3.63, 3.8) is 0 Å². The second-order valence-corrected chi connectivity index (χ2v) is 9.84. The molecule has 31 heavy (non-hydrogen) atoms. The fourth-order valence-electron chi connectivity index (χ4n) is 3.72. The third kappa shape index (κ3) is 4.42. The van der Waals surface area contributed by atoms with Crippen LogP contribution in [0.4, 0.5) is 4.39 Å². The number of carbonyl (C=O) groups is 1. The quantitative estimate of drug-likeness (QED) is 0.593. The van der Waals surface area contributed by atoms with Crippen molar-refractivity contribution in [2.45, 2.75) is 18.2 Å². The van der Waals surface area contributed by atoms with E-state index in [0.717, 1.165) is 23.0 Å². The van der Waals surface area contributed by atoms with Crippen molar-refractivity contribution in [3.8, 4) is 0 Å². The molecule has 1 amide bonds. The molecule has 2 aromatic carbocycles.